The Morgan fingerprint density at radius 2 is 1.59 bits per heavy atom. The van der Waals surface area contributed by atoms with E-state index < -0.39 is 103 Å². The molecule has 3 saturated heterocycles. The van der Waals surface area contributed by atoms with Crippen molar-refractivity contribution in [2.75, 3.05) is 34.3 Å². The standard InChI is InChI=1S/C35H57N5O14/c1-5-6-7-8-9-10-11-12-13-14-22(42)51-20-18-38(2)24(31(47)39(3)23(20)33(48)50-4)29(54-34-28(46)25(43)19(17-36)52-34)30-26(44)27(45)32(53-30)40-16-15-21(41)37-35(40)49/h15-16,19-20,23-30,32,34,43-46H,5-14,17-18,36H2,1-4H3,(H,37,41,49)/t19-,20+,23?,24?,25-,26+,27-,28-,29-,30?,32?,34?/m1/s1. The second kappa shape index (κ2) is 20.1. The molecule has 0 aromatic carbocycles. The lowest BCUT2D eigenvalue weighted by atomic mass is 9.97. The van der Waals surface area contributed by atoms with Gasteiger partial charge in [-0.25, -0.2) is 9.59 Å². The van der Waals surface area contributed by atoms with Crippen molar-refractivity contribution in [3.63, 3.8) is 0 Å². The zero-order valence-electron chi connectivity index (χ0n) is 31.4. The number of nitrogens with zero attached hydrogens (tertiary/aromatic N) is 3. The monoisotopic (exact) mass is 771 g/mol. The zero-order chi connectivity index (χ0) is 39.7. The number of aliphatic hydroxyl groups is 4. The average Bonchev–Trinajstić information content (AvgIpc) is 3.55. The highest BCUT2D eigenvalue weighted by molar-refractivity contribution is 5.89. The summed E-state index contributed by atoms with van der Waals surface area (Å²) in [5.74, 6) is -2.24. The molecule has 7 N–H and O–H groups in total. The molecule has 4 rings (SSSR count). The van der Waals surface area contributed by atoms with Gasteiger partial charge in [0.2, 0.25) is 5.91 Å². The molecular formula is C35H57N5O14. The van der Waals surface area contributed by atoms with Crippen LogP contribution in [0.4, 0.5) is 0 Å². The number of likely N-dealkylation sites (N-methyl/N-ethyl adjacent to an activating group) is 2. The van der Waals surface area contributed by atoms with Crippen molar-refractivity contribution in [3.05, 3.63) is 33.1 Å². The Kier molecular flexibility index (Phi) is 16.1. The Bertz CT molecular complexity index is 1510. The predicted molar refractivity (Wildman–Crippen MR) is 189 cm³/mol. The number of aromatic amines is 1. The number of carbonyl (C=O) groups excluding carboxylic acids is 3. The molecule has 1 aromatic rings. The number of hydrogen-bond acceptors (Lipinski definition) is 16. The molecule has 3 fully saturated rings. The third-order valence-electron chi connectivity index (χ3n) is 10.4. The van der Waals surface area contributed by atoms with Crippen molar-refractivity contribution in [3.8, 4) is 0 Å². The number of ether oxygens (including phenoxy) is 5. The van der Waals surface area contributed by atoms with E-state index in [1.165, 1.54) is 44.7 Å². The van der Waals surface area contributed by atoms with Crippen LogP contribution in [0.3, 0.4) is 0 Å². The summed E-state index contributed by atoms with van der Waals surface area (Å²) in [6.07, 6.45) is -5.08. The van der Waals surface area contributed by atoms with Crippen molar-refractivity contribution >= 4 is 17.8 Å². The Morgan fingerprint density at radius 1 is 0.944 bits per heavy atom. The Morgan fingerprint density at radius 3 is 2.19 bits per heavy atom. The van der Waals surface area contributed by atoms with Crippen molar-refractivity contribution in [1.29, 1.82) is 0 Å². The number of nitrogens with one attached hydrogen (secondary N) is 1. The van der Waals surface area contributed by atoms with Crippen LogP contribution in [0.25, 0.3) is 0 Å². The van der Waals surface area contributed by atoms with Gasteiger partial charge in [-0.05, 0) is 13.5 Å². The minimum absolute atomic E-state index is 0.0871. The van der Waals surface area contributed by atoms with Gasteiger partial charge in [0.1, 0.15) is 54.9 Å². The molecule has 19 heteroatoms. The predicted octanol–water partition coefficient (Wildman–Crippen LogP) is -1.91. The molecule has 1 amide bonds. The first kappa shape index (κ1) is 43.5. The van der Waals surface area contributed by atoms with Crippen LogP contribution < -0.4 is 17.0 Å². The van der Waals surface area contributed by atoms with E-state index in [0.29, 0.717) is 6.42 Å². The SMILES string of the molecule is CCCCCCCCCCCC(=O)O[C@H]1CN(C)C([C@@H](OC2O[C@H](CN)[C@@H](O)[C@H]2O)C2OC(n3ccc(=O)[nH]c3=O)[C@H](O)[C@@H]2O)C(=O)N(C)C1C(=O)OC. The summed E-state index contributed by atoms with van der Waals surface area (Å²) in [4.78, 5) is 69.6. The fraction of sp³-hybridized carbons (Fsp3) is 0.800. The Balaban J connectivity index is 1.59. The first-order valence-electron chi connectivity index (χ1n) is 18.7. The third kappa shape index (κ3) is 10.1. The normalized spacial score (nSPS) is 32.4. The fourth-order valence-corrected chi connectivity index (χ4v) is 7.34. The van der Waals surface area contributed by atoms with Gasteiger partial charge in [0.05, 0.1) is 7.11 Å². The zero-order valence-corrected chi connectivity index (χ0v) is 31.4. The van der Waals surface area contributed by atoms with E-state index in [1.54, 1.807) is 0 Å². The van der Waals surface area contributed by atoms with Gasteiger partial charge in [0.25, 0.3) is 5.56 Å². The summed E-state index contributed by atoms with van der Waals surface area (Å²) in [5, 5.41) is 43.8. The first-order valence-corrected chi connectivity index (χ1v) is 18.7. The quantitative estimate of drug-likeness (QED) is 0.0703. The van der Waals surface area contributed by atoms with Gasteiger partial charge in [-0.2, -0.15) is 0 Å². The van der Waals surface area contributed by atoms with Crippen molar-refractivity contribution < 1.29 is 58.5 Å². The van der Waals surface area contributed by atoms with Gasteiger partial charge in [0.15, 0.2) is 18.6 Å². The Labute approximate surface area is 313 Å². The number of carbonyl (C=O) groups is 3. The summed E-state index contributed by atoms with van der Waals surface area (Å²) < 4.78 is 29.5. The van der Waals surface area contributed by atoms with Gasteiger partial charge >= 0.3 is 17.6 Å². The molecular weight excluding hydrogens is 714 g/mol. The van der Waals surface area contributed by atoms with Crippen LogP contribution in [0.5, 0.6) is 0 Å². The maximum absolute atomic E-state index is 14.4. The van der Waals surface area contributed by atoms with Crippen LogP contribution in [-0.4, -0.2) is 159 Å². The molecule has 0 saturated carbocycles. The van der Waals surface area contributed by atoms with Crippen LogP contribution in [-0.2, 0) is 38.1 Å². The second-order valence-corrected chi connectivity index (χ2v) is 14.3. The summed E-state index contributed by atoms with van der Waals surface area (Å²) in [6, 6.07) is -1.90. The molecule has 0 radical (unpaired) electrons. The van der Waals surface area contributed by atoms with E-state index >= 15 is 0 Å². The van der Waals surface area contributed by atoms with Gasteiger partial charge in [-0.1, -0.05) is 58.3 Å². The second-order valence-electron chi connectivity index (χ2n) is 14.3. The largest absolute Gasteiger partial charge is 0.467 e. The lowest BCUT2D eigenvalue weighted by Crippen LogP contribution is -2.59. The number of unbranched alkanes of at least 4 members (excludes halogenated alkanes) is 8. The molecule has 1 aromatic heterocycles. The van der Waals surface area contributed by atoms with Crippen LogP contribution in [0.2, 0.25) is 0 Å². The third-order valence-corrected chi connectivity index (χ3v) is 10.4. The van der Waals surface area contributed by atoms with E-state index in [-0.39, 0.29) is 19.5 Å². The van der Waals surface area contributed by atoms with E-state index in [1.807, 2.05) is 4.98 Å². The number of esters is 2. The highest BCUT2D eigenvalue weighted by Crippen LogP contribution is 2.36. The number of amides is 1. The maximum atomic E-state index is 14.4. The van der Waals surface area contributed by atoms with Crippen molar-refractivity contribution in [1.82, 2.24) is 19.4 Å². The molecule has 19 nitrogen and oxygen atoms in total. The van der Waals surface area contributed by atoms with Crippen molar-refractivity contribution in [2.24, 2.45) is 5.73 Å². The number of rotatable bonds is 18. The smallest absolute Gasteiger partial charge is 0.332 e. The van der Waals surface area contributed by atoms with Gasteiger partial charge in [-0.15, -0.1) is 0 Å². The molecule has 4 heterocycles. The molecule has 306 valence electrons. The number of hydrogen-bond donors (Lipinski definition) is 6. The maximum Gasteiger partial charge on any atom is 0.332 e. The molecule has 12 atom stereocenters. The van der Waals surface area contributed by atoms with Crippen LogP contribution >= 0.6 is 0 Å². The molecule has 54 heavy (non-hydrogen) atoms. The number of aliphatic hydroxyl groups excluding tert-OH is 4. The van der Waals surface area contributed by atoms with E-state index in [2.05, 4.69) is 6.92 Å². The van der Waals surface area contributed by atoms with Crippen molar-refractivity contribution in [2.45, 2.75) is 145 Å². The Hall–Kier alpha value is -3.27. The average molecular weight is 772 g/mol. The fourth-order valence-electron chi connectivity index (χ4n) is 7.34. The van der Waals surface area contributed by atoms with Crippen LogP contribution in [0.1, 0.15) is 77.4 Å². The number of aromatic nitrogens is 2. The summed E-state index contributed by atoms with van der Waals surface area (Å²) in [7, 11) is 3.90. The molecule has 0 bridgehead atoms. The highest BCUT2D eigenvalue weighted by Gasteiger charge is 2.57. The summed E-state index contributed by atoms with van der Waals surface area (Å²) in [5.41, 5.74) is 4.01. The number of nitrogens with two attached hydrogens (primary N) is 1. The summed E-state index contributed by atoms with van der Waals surface area (Å²) >= 11 is 0. The number of methoxy groups -OCH3 is 1. The molecule has 3 aliphatic rings. The lowest BCUT2D eigenvalue weighted by molar-refractivity contribution is -0.233. The van der Waals surface area contributed by atoms with E-state index in [0.717, 1.165) is 54.5 Å². The van der Waals surface area contributed by atoms with Gasteiger partial charge < -0.3 is 54.7 Å². The van der Waals surface area contributed by atoms with E-state index in [9.17, 15) is 44.4 Å². The first-order chi connectivity index (χ1) is 25.7. The minimum Gasteiger partial charge on any atom is -0.467 e. The van der Waals surface area contributed by atoms with Gasteiger partial charge in [-0.3, -0.25) is 28.8 Å². The van der Waals surface area contributed by atoms with Crippen LogP contribution in [0.15, 0.2) is 21.9 Å². The number of H-pyrrole nitrogens is 1. The van der Waals surface area contributed by atoms with E-state index in [4.69, 9.17) is 29.4 Å². The molecule has 3 aliphatic heterocycles. The van der Waals surface area contributed by atoms with Crippen LogP contribution in [0, 0.1) is 0 Å². The summed E-state index contributed by atoms with van der Waals surface area (Å²) in [6.45, 7) is 1.72. The molecule has 5 unspecified atom stereocenters. The minimum atomic E-state index is -1.84. The molecule has 0 aliphatic carbocycles. The topological polar surface area (TPSA) is 266 Å². The molecule has 0 spiro atoms. The highest BCUT2D eigenvalue weighted by atomic mass is 16.7. The van der Waals surface area contributed by atoms with Gasteiger partial charge in [0, 0.05) is 38.8 Å². The lowest BCUT2D eigenvalue weighted by Gasteiger charge is -2.38.